The molecule has 0 unspecified atom stereocenters. The van der Waals surface area contributed by atoms with Crippen LogP contribution in [-0.2, 0) is 16.6 Å². The number of nitrogens with zero attached hydrogens (tertiary/aromatic N) is 3. The molecule has 20 heavy (non-hydrogen) atoms. The van der Waals surface area contributed by atoms with E-state index in [9.17, 15) is 18.5 Å². The Morgan fingerprint density at radius 2 is 2.20 bits per heavy atom. The minimum atomic E-state index is -3.91. The van der Waals surface area contributed by atoms with Gasteiger partial charge in [-0.3, -0.25) is 15.2 Å². The van der Waals surface area contributed by atoms with Crippen molar-refractivity contribution in [1.82, 2.24) is 19.9 Å². The molecule has 1 aromatic carbocycles. The molecule has 106 valence electrons. The molecule has 0 saturated carbocycles. The van der Waals surface area contributed by atoms with Crippen LogP contribution < -0.4 is 10.5 Å². The number of nitro groups is 1. The van der Waals surface area contributed by atoms with E-state index in [4.69, 9.17) is 5.73 Å². The highest BCUT2D eigenvalue weighted by atomic mass is 32.2. The van der Waals surface area contributed by atoms with Crippen LogP contribution in [-0.4, -0.2) is 28.5 Å². The summed E-state index contributed by atoms with van der Waals surface area (Å²) in [5.74, 6) is 0.318. The third-order valence-electron chi connectivity index (χ3n) is 2.40. The van der Waals surface area contributed by atoms with Gasteiger partial charge >= 0.3 is 0 Å². The van der Waals surface area contributed by atoms with Gasteiger partial charge in [0.1, 0.15) is 17.8 Å². The van der Waals surface area contributed by atoms with Gasteiger partial charge in [0.05, 0.1) is 16.4 Å². The highest BCUT2D eigenvalue weighted by Gasteiger charge is 2.20. The highest BCUT2D eigenvalue weighted by Crippen LogP contribution is 2.24. The van der Waals surface area contributed by atoms with Crippen molar-refractivity contribution in [1.29, 1.82) is 0 Å². The first-order valence-electron chi connectivity index (χ1n) is 5.28. The van der Waals surface area contributed by atoms with Crippen LogP contribution in [0.3, 0.4) is 0 Å². The molecule has 0 atom stereocenters. The van der Waals surface area contributed by atoms with Gasteiger partial charge in [-0.05, 0) is 12.1 Å². The number of nitro benzene ring substituents is 1. The van der Waals surface area contributed by atoms with Crippen molar-refractivity contribution in [3.8, 4) is 0 Å². The zero-order valence-corrected chi connectivity index (χ0v) is 10.8. The Kier molecular flexibility index (Phi) is 3.63. The van der Waals surface area contributed by atoms with Crippen LogP contribution in [0, 0.1) is 10.1 Å². The fraction of sp³-hybridized carbons (Fsp3) is 0.111. The van der Waals surface area contributed by atoms with Gasteiger partial charge in [-0.2, -0.15) is 5.10 Å². The van der Waals surface area contributed by atoms with E-state index < -0.39 is 20.6 Å². The maximum absolute atomic E-state index is 12.0. The Hall–Kier alpha value is -2.53. The van der Waals surface area contributed by atoms with Crippen LogP contribution in [0.15, 0.2) is 29.4 Å². The summed E-state index contributed by atoms with van der Waals surface area (Å²) in [6.45, 7) is -0.111. The lowest BCUT2D eigenvalue weighted by Crippen LogP contribution is -2.24. The molecular weight excluding hydrogens is 288 g/mol. The van der Waals surface area contributed by atoms with Gasteiger partial charge in [-0.15, -0.1) is 0 Å². The van der Waals surface area contributed by atoms with E-state index >= 15 is 0 Å². The largest absolute Gasteiger partial charge is 0.393 e. The van der Waals surface area contributed by atoms with Gasteiger partial charge < -0.3 is 5.73 Å². The third-order valence-corrected chi connectivity index (χ3v) is 3.80. The topological polar surface area (TPSA) is 157 Å². The average molecular weight is 298 g/mol. The molecule has 0 radical (unpaired) electrons. The number of nitrogen functional groups attached to an aromatic ring is 1. The fourth-order valence-corrected chi connectivity index (χ4v) is 2.42. The first-order chi connectivity index (χ1) is 9.40. The minimum absolute atomic E-state index is 0.107. The molecule has 2 aromatic rings. The number of hydrogen-bond acceptors (Lipinski definition) is 7. The Morgan fingerprint density at radius 3 is 2.80 bits per heavy atom. The molecule has 0 amide bonds. The van der Waals surface area contributed by atoms with Crippen LogP contribution >= 0.6 is 0 Å². The molecule has 10 nitrogen and oxygen atoms in total. The lowest BCUT2D eigenvalue weighted by atomic mass is 10.3. The van der Waals surface area contributed by atoms with Crippen LogP contribution in [0.1, 0.15) is 5.82 Å². The lowest BCUT2D eigenvalue weighted by molar-refractivity contribution is -0.384. The van der Waals surface area contributed by atoms with Crippen LogP contribution in [0.25, 0.3) is 0 Å². The number of nitrogens with two attached hydrogens (primary N) is 1. The maximum atomic E-state index is 12.0. The first-order valence-corrected chi connectivity index (χ1v) is 6.76. The molecule has 1 heterocycles. The summed E-state index contributed by atoms with van der Waals surface area (Å²) in [5, 5.41) is 16.8. The predicted molar refractivity (Wildman–Crippen MR) is 67.9 cm³/mol. The zero-order chi connectivity index (χ0) is 14.8. The van der Waals surface area contributed by atoms with E-state index in [1.54, 1.807) is 0 Å². The van der Waals surface area contributed by atoms with Gasteiger partial charge in [-0.25, -0.2) is 18.1 Å². The number of aromatic amines is 1. The maximum Gasteiger partial charge on any atom is 0.293 e. The van der Waals surface area contributed by atoms with E-state index in [-0.39, 0.29) is 17.1 Å². The Labute approximate surface area is 113 Å². The lowest BCUT2D eigenvalue weighted by Gasteiger charge is -2.06. The smallest absolute Gasteiger partial charge is 0.293 e. The van der Waals surface area contributed by atoms with Crippen molar-refractivity contribution >= 4 is 21.4 Å². The Morgan fingerprint density at radius 1 is 1.45 bits per heavy atom. The van der Waals surface area contributed by atoms with Crippen molar-refractivity contribution in [2.24, 2.45) is 0 Å². The Bertz CT molecular complexity index is 727. The minimum Gasteiger partial charge on any atom is -0.393 e. The molecule has 11 heteroatoms. The molecule has 0 aliphatic rings. The summed E-state index contributed by atoms with van der Waals surface area (Å²) in [4.78, 5) is 13.5. The number of nitrogens with one attached hydrogen (secondary N) is 2. The number of anilines is 1. The van der Waals surface area contributed by atoms with Gasteiger partial charge in [0, 0.05) is 6.07 Å². The molecule has 0 fully saturated rings. The molecule has 0 saturated heterocycles. The van der Waals surface area contributed by atoms with Crippen LogP contribution in [0.2, 0.25) is 0 Å². The molecule has 2 rings (SSSR count). The number of aromatic nitrogens is 3. The van der Waals surface area contributed by atoms with Crippen molar-refractivity contribution in [2.45, 2.75) is 11.4 Å². The predicted octanol–water partition coefficient (Wildman–Crippen LogP) is -0.226. The molecule has 0 aliphatic heterocycles. The van der Waals surface area contributed by atoms with Crippen molar-refractivity contribution in [2.75, 3.05) is 5.73 Å². The van der Waals surface area contributed by atoms with Gasteiger partial charge in [-0.1, -0.05) is 0 Å². The molecule has 1 aromatic heterocycles. The van der Waals surface area contributed by atoms with E-state index in [0.717, 1.165) is 6.07 Å². The quantitative estimate of drug-likeness (QED) is 0.391. The Balaban J connectivity index is 2.25. The van der Waals surface area contributed by atoms with Crippen LogP contribution in [0.4, 0.5) is 11.4 Å². The number of sulfonamides is 1. The third kappa shape index (κ3) is 2.89. The summed E-state index contributed by atoms with van der Waals surface area (Å²) in [6, 6.07) is 3.25. The summed E-state index contributed by atoms with van der Waals surface area (Å²) < 4.78 is 26.2. The van der Waals surface area contributed by atoms with Crippen molar-refractivity contribution in [3.63, 3.8) is 0 Å². The second kappa shape index (κ2) is 5.22. The van der Waals surface area contributed by atoms with Crippen molar-refractivity contribution < 1.29 is 13.3 Å². The van der Waals surface area contributed by atoms with Gasteiger partial charge in [0.2, 0.25) is 10.0 Å². The second-order valence-corrected chi connectivity index (χ2v) is 5.50. The number of hydrogen-bond donors (Lipinski definition) is 3. The monoisotopic (exact) mass is 298 g/mol. The number of H-pyrrole nitrogens is 1. The summed E-state index contributed by atoms with van der Waals surface area (Å²) in [6.07, 6.45) is 1.23. The number of benzene rings is 1. The molecule has 4 N–H and O–H groups in total. The molecule has 0 aliphatic carbocycles. The molecule has 0 bridgehead atoms. The first kappa shape index (κ1) is 13.9. The van der Waals surface area contributed by atoms with E-state index in [0.29, 0.717) is 5.82 Å². The molecular formula is C9H10N6O4S. The average Bonchev–Trinajstić information content (AvgIpc) is 2.89. The van der Waals surface area contributed by atoms with Crippen molar-refractivity contribution in [3.05, 3.63) is 40.5 Å². The molecule has 0 spiro atoms. The van der Waals surface area contributed by atoms with Gasteiger partial charge in [0.25, 0.3) is 5.69 Å². The van der Waals surface area contributed by atoms with E-state index in [1.165, 1.54) is 18.5 Å². The summed E-state index contributed by atoms with van der Waals surface area (Å²) in [5.41, 5.74) is 4.83. The second-order valence-electron chi connectivity index (χ2n) is 3.73. The standard InChI is InChI=1S/C9H10N6O4S/c10-7-2-1-6(3-8(7)15(16)17)20(18,19)13-4-9-11-5-12-14-9/h1-3,5,13H,4,10H2,(H,11,12,14). The number of rotatable bonds is 5. The summed E-state index contributed by atoms with van der Waals surface area (Å²) >= 11 is 0. The SMILES string of the molecule is Nc1ccc(S(=O)(=O)NCc2ncn[nH]2)cc1[N+](=O)[O-]. The van der Waals surface area contributed by atoms with Gasteiger partial charge in [0.15, 0.2) is 0 Å². The highest BCUT2D eigenvalue weighted by molar-refractivity contribution is 7.89. The summed E-state index contributed by atoms with van der Waals surface area (Å²) in [7, 11) is -3.91. The van der Waals surface area contributed by atoms with E-state index in [2.05, 4.69) is 19.9 Å². The zero-order valence-electron chi connectivity index (χ0n) is 9.98. The fourth-order valence-electron chi connectivity index (χ4n) is 1.41. The van der Waals surface area contributed by atoms with E-state index in [1.807, 2.05) is 0 Å². The van der Waals surface area contributed by atoms with Crippen LogP contribution in [0.5, 0.6) is 0 Å². The normalized spacial score (nSPS) is 11.4.